The Morgan fingerprint density at radius 3 is 2.32 bits per heavy atom. The van der Waals surface area contributed by atoms with Gasteiger partial charge in [0.2, 0.25) is 0 Å². The molecule has 2 rings (SSSR count). The number of hydrogen-bond acceptors (Lipinski definition) is 3. The quantitative estimate of drug-likeness (QED) is 0.496. The van der Waals surface area contributed by atoms with E-state index in [0.717, 1.165) is 11.3 Å². The molecular weight excluding hydrogens is 457 g/mol. The third-order valence-corrected chi connectivity index (χ3v) is 2.39. The van der Waals surface area contributed by atoms with Crippen molar-refractivity contribution in [2.75, 3.05) is 0 Å². The van der Waals surface area contributed by atoms with Crippen molar-refractivity contribution >= 4 is 0 Å². The Morgan fingerprint density at radius 2 is 1.95 bits per heavy atom. The first kappa shape index (κ1) is 22.8. The summed E-state index contributed by atoms with van der Waals surface area (Å²) in [6.45, 7) is 5.16. The van der Waals surface area contributed by atoms with Gasteiger partial charge in [-0.1, -0.05) is 26.5 Å². The van der Waals surface area contributed by atoms with Crippen molar-refractivity contribution in [1.29, 1.82) is 0 Å². The molecule has 1 atom stereocenters. The van der Waals surface area contributed by atoms with Gasteiger partial charge >= 0.3 is 0 Å². The standard InChI is InChI=1S/C12H10N.C5H10O2.CH4.Pt/c1-10-5-7-11(8-6-10)12-4-2-3-9-13-12;1-4(6)3-5(2)7;;/h2-7,9H,1H3;3-4,6-7H,1-2H3;1H4;/q-1;;;. The van der Waals surface area contributed by atoms with Gasteiger partial charge in [0.15, 0.2) is 0 Å². The number of nitrogens with zero attached hydrogens (tertiary/aromatic N) is 1. The Hall–Kier alpha value is -1.44. The molecule has 4 heteroatoms. The zero-order valence-electron chi connectivity index (χ0n) is 12.4. The largest absolute Gasteiger partial charge is 0.513 e. The first-order chi connectivity index (χ1) is 9.49. The second-order valence-electron chi connectivity index (χ2n) is 4.54. The minimum absolute atomic E-state index is 0. The second-order valence-corrected chi connectivity index (χ2v) is 4.54. The molecule has 0 aliphatic rings. The fraction of sp³-hybridized carbons (Fsp3) is 0.278. The van der Waals surface area contributed by atoms with E-state index in [-0.39, 0.29) is 34.3 Å². The predicted octanol–water partition coefficient (Wildman–Crippen LogP) is 4.32. The predicted molar refractivity (Wildman–Crippen MR) is 88.0 cm³/mol. The molecule has 1 aromatic heterocycles. The van der Waals surface area contributed by atoms with Crippen molar-refractivity contribution in [2.24, 2.45) is 0 Å². The molecule has 3 nitrogen and oxygen atoms in total. The Balaban J connectivity index is 0. The third kappa shape index (κ3) is 9.49. The maximum Gasteiger partial charge on any atom is 0.0877 e. The van der Waals surface area contributed by atoms with Crippen LogP contribution in [-0.4, -0.2) is 21.3 Å². The van der Waals surface area contributed by atoms with Gasteiger partial charge in [0, 0.05) is 27.3 Å². The molecule has 0 aliphatic heterocycles. The molecule has 0 bridgehead atoms. The van der Waals surface area contributed by atoms with E-state index in [1.807, 2.05) is 30.3 Å². The van der Waals surface area contributed by atoms with Crippen LogP contribution in [0.5, 0.6) is 0 Å². The number of hydrogen-bond donors (Lipinski definition) is 2. The van der Waals surface area contributed by atoms with Crippen molar-refractivity contribution in [3.8, 4) is 11.3 Å². The number of aromatic nitrogens is 1. The van der Waals surface area contributed by atoms with Crippen LogP contribution in [0.15, 0.2) is 54.4 Å². The van der Waals surface area contributed by atoms with Gasteiger partial charge < -0.3 is 15.2 Å². The van der Waals surface area contributed by atoms with Crippen LogP contribution < -0.4 is 0 Å². The van der Waals surface area contributed by atoms with Crippen LogP contribution in [-0.2, 0) is 21.1 Å². The SMILES string of the molecule is C.CC(O)=CC(C)O.Cc1c[c-]c(-c2ccccn2)cc1.[Pt]. The number of aliphatic hydroxyl groups excluding tert-OH is 2. The van der Waals surface area contributed by atoms with Crippen molar-refractivity contribution in [2.45, 2.75) is 34.3 Å². The molecule has 2 N–H and O–H groups in total. The Morgan fingerprint density at radius 1 is 1.27 bits per heavy atom. The summed E-state index contributed by atoms with van der Waals surface area (Å²) in [5.74, 6) is 0.162. The number of rotatable bonds is 2. The van der Waals surface area contributed by atoms with Gasteiger partial charge in [-0.2, -0.15) is 0 Å². The van der Waals surface area contributed by atoms with E-state index in [1.165, 1.54) is 18.6 Å². The van der Waals surface area contributed by atoms with E-state index in [1.54, 1.807) is 13.1 Å². The van der Waals surface area contributed by atoms with Crippen molar-refractivity contribution in [3.63, 3.8) is 0 Å². The van der Waals surface area contributed by atoms with Gasteiger partial charge in [-0.3, -0.25) is 0 Å². The number of aliphatic hydroxyl groups is 2. The summed E-state index contributed by atoms with van der Waals surface area (Å²) in [6.07, 6.45) is 2.62. The van der Waals surface area contributed by atoms with E-state index in [9.17, 15) is 0 Å². The fourth-order valence-corrected chi connectivity index (χ4v) is 1.53. The van der Waals surface area contributed by atoms with Gasteiger partial charge in [-0.25, -0.2) is 0 Å². The Labute approximate surface area is 148 Å². The minimum atomic E-state index is -0.537. The van der Waals surface area contributed by atoms with Gasteiger partial charge in [0.1, 0.15) is 0 Å². The maximum absolute atomic E-state index is 8.49. The molecule has 1 unspecified atom stereocenters. The van der Waals surface area contributed by atoms with Crippen molar-refractivity contribution in [1.82, 2.24) is 4.98 Å². The summed E-state index contributed by atoms with van der Waals surface area (Å²) in [4.78, 5) is 4.25. The van der Waals surface area contributed by atoms with Crippen LogP contribution in [0.25, 0.3) is 11.3 Å². The monoisotopic (exact) mass is 481 g/mol. The summed E-state index contributed by atoms with van der Waals surface area (Å²) in [5, 5.41) is 16.9. The van der Waals surface area contributed by atoms with E-state index in [4.69, 9.17) is 10.2 Å². The van der Waals surface area contributed by atoms with E-state index in [0.29, 0.717) is 0 Å². The van der Waals surface area contributed by atoms with E-state index < -0.39 is 6.10 Å². The van der Waals surface area contributed by atoms with Gasteiger partial charge in [0.25, 0.3) is 0 Å². The van der Waals surface area contributed by atoms with Gasteiger partial charge in [0.05, 0.1) is 11.9 Å². The summed E-state index contributed by atoms with van der Waals surface area (Å²) in [5.41, 5.74) is 3.24. The van der Waals surface area contributed by atoms with Crippen LogP contribution in [0.3, 0.4) is 0 Å². The molecule has 124 valence electrons. The summed E-state index contributed by atoms with van der Waals surface area (Å²) < 4.78 is 0. The molecule has 2 aromatic rings. The maximum atomic E-state index is 8.49. The van der Waals surface area contributed by atoms with Crippen LogP contribution >= 0.6 is 0 Å². The third-order valence-electron chi connectivity index (χ3n) is 2.39. The first-order valence-electron chi connectivity index (χ1n) is 6.44. The molecule has 0 aliphatic carbocycles. The number of benzene rings is 1. The van der Waals surface area contributed by atoms with E-state index in [2.05, 4.69) is 24.0 Å². The van der Waals surface area contributed by atoms with Crippen LogP contribution in [0.1, 0.15) is 26.8 Å². The molecular formula is C18H24NO2Pt-. The number of allylic oxidation sites excluding steroid dienone is 1. The average Bonchev–Trinajstić information content (AvgIpc) is 2.40. The molecule has 0 saturated carbocycles. The molecule has 0 radical (unpaired) electrons. The minimum Gasteiger partial charge on any atom is -0.513 e. The molecule has 0 fully saturated rings. The fourth-order valence-electron chi connectivity index (χ4n) is 1.53. The smallest absolute Gasteiger partial charge is 0.0877 e. The normalized spacial score (nSPS) is 11.2. The Bertz CT molecular complexity index is 533. The van der Waals surface area contributed by atoms with Crippen molar-refractivity contribution in [3.05, 3.63) is 66.1 Å². The second kappa shape index (κ2) is 12.1. The van der Waals surface area contributed by atoms with Crippen LogP contribution in [0, 0.1) is 13.0 Å². The summed E-state index contributed by atoms with van der Waals surface area (Å²) in [6, 6.07) is 15.2. The zero-order valence-corrected chi connectivity index (χ0v) is 14.6. The zero-order chi connectivity index (χ0) is 15.0. The number of aryl methyl sites for hydroxylation is 1. The van der Waals surface area contributed by atoms with Gasteiger partial charge in [-0.15, -0.1) is 35.4 Å². The first-order valence-corrected chi connectivity index (χ1v) is 6.44. The molecule has 0 amide bonds. The van der Waals surface area contributed by atoms with Gasteiger partial charge in [-0.05, 0) is 31.7 Å². The summed E-state index contributed by atoms with van der Waals surface area (Å²) in [7, 11) is 0. The average molecular weight is 481 g/mol. The summed E-state index contributed by atoms with van der Waals surface area (Å²) >= 11 is 0. The topological polar surface area (TPSA) is 53.4 Å². The number of pyridine rings is 1. The van der Waals surface area contributed by atoms with Crippen LogP contribution in [0.4, 0.5) is 0 Å². The van der Waals surface area contributed by atoms with Crippen LogP contribution in [0.2, 0.25) is 0 Å². The molecule has 1 aromatic carbocycles. The molecule has 0 saturated heterocycles. The molecule has 1 heterocycles. The van der Waals surface area contributed by atoms with Crippen molar-refractivity contribution < 1.29 is 31.3 Å². The Kier molecular flexibility index (Phi) is 12.6. The molecule has 22 heavy (non-hydrogen) atoms. The molecule has 0 spiro atoms. The van der Waals surface area contributed by atoms with E-state index >= 15 is 0 Å².